The SMILES string of the molecule is COc1ccccc1CCN(C(=O)C1CCC1)[C@@H]1C=C(C(=O)NCCO)[C@@H]2c3cc(C=O)cc(OC)c3O[C@@H]2[C@H]1O. The van der Waals surface area contributed by atoms with Crippen LogP contribution in [0.4, 0.5) is 0 Å². The quantitative estimate of drug-likeness (QED) is 0.353. The van der Waals surface area contributed by atoms with Crippen molar-refractivity contribution in [3.63, 3.8) is 0 Å². The maximum Gasteiger partial charge on any atom is 0.247 e. The fourth-order valence-electron chi connectivity index (χ4n) is 6.00. The number of hydrogen-bond acceptors (Lipinski definition) is 8. The molecule has 2 amide bonds. The van der Waals surface area contributed by atoms with Crippen molar-refractivity contribution >= 4 is 18.1 Å². The molecule has 0 spiro atoms. The van der Waals surface area contributed by atoms with E-state index < -0.39 is 30.1 Å². The van der Waals surface area contributed by atoms with E-state index in [0.717, 1.165) is 24.8 Å². The topological polar surface area (TPSA) is 135 Å². The highest BCUT2D eigenvalue weighted by molar-refractivity contribution is 5.96. The highest BCUT2D eigenvalue weighted by Crippen LogP contribution is 2.51. The highest BCUT2D eigenvalue weighted by Gasteiger charge is 2.52. The van der Waals surface area contributed by atoms with Gasteiger partial charge in [0.15, 0.2) is 11.5 Å². The Morgan fingerprint density at radius 1 is 1.15 bits per heavy atom. The lowest BCUT2D eigenvalue weighted by molar-refractivity contribution is -0.144. The number of rotatable bonds is 11. The summed E-state index contributed by atoms with van der Waals surface area (Å²) in [5.74, 6) is -0.000689. The van der Waals surface area contributed by atoms with Gasteiger partial charge in [-0.15, -0.1) is 0 Å². The second kappa shape index (κ2) is 12.3. The number of carbonyl (C=O) groups is 3. The van der Waals surface area contributed by atoms with Gasteiger partial charge in [-0.05, 0) is 49.1 Å². The van der Waals surface area contributed by atoms with Crippen molar-refractivity contribution in [3.05, 3.63) is 64.7 Å². The van der Waals surface area contributed by atoms with Crippen LogP contribution in [0, 0.1) is 5.92 Å². The molecule has 0 bridgehead atoms. The Morgan fingerprint density at radius 3 is 2.56 bits per heavy atom. The molecular weight excluding hydrogens is 528 g/mol. The lowest BCUT2D eigenvalue weighted by Gasteiger charge is -2.43. The first kappa shape index (κ1) is 28.6. The molecule has 218 valence electrons. The molecule has 3 aliphatic rings. The third-order valence-corrected chi connectivity index (χ3v) is 8.32. The molecule has 2 aromatic rings. The Kier molecular flexibility index (Phi) is 8.60. The zero-order valence-electron chi connectivity index (χ0n) is 23.2. The van der Waals surface area contributed by atoms with E-state index in [2.05, 4.69) is 5.32 Å². The highest BCUT2D eigenvalue weighted by atomic mass is 16.5. The molecule has 0 radical (unpaired) electrons. The third-order valence-electron chi connectivity index (χ3n) is 8.32. The Labute approximate surface area is 238 Å². The van der Waals surface area contributed by atoms with E-state index in [-0.39, 0.29) is 25.0 Å². The predicted octanol–water partition coefficient (Wildman–Crippen LogP) is 2.01. The normalized spacial score (nSPS) is 22.8. The molecular formula is C31H36N2O8. The average molecular weight is 565 g/mol. The van der Waals surface area contributed by atoms with Crippen molar-refractivity contribution in [1.82, 2.24) is 10.2 Å². The van der Waals surface area contributed by atoms with Gasteiger partial charge in [-0.2, -0.15) is 0 Å². The summed E-state index contributed by atoms with van der Waals surface area (Å²) in [5.41, 5.74) is 2.11. The molecule has 1 heterocycles. The van der Waals surface area contributed by atoms with Gasteiger partial charge in [0, 0.05) is 35.7 Å². The summed E-state index contributed by atoms with van der Waals surface area (Å²) < 4.78 is 17.3. The van der Waals surface area contributed by atoms with E-state index in [9.17, 15) is 24.6 Å². The van der Waals surface area contributed by atoms with E-state index in [0.29, 0.717) is 53.2 Å². The van der Waals surface area contributed by atoms with Crippen LogP contribution in [-0.2, 0) is 16.0 Å². The van der Waals surface area contributed by atoms with E-state index in [4.69, 9.17) is 14.2 Å². The predicted molar refractivity (Wildman–Crippen MR) is 149 cm³/mol. The van der Waals surface area contributed by atoms with Crippen LogP contribution in [0.25, 0.3) is 0 Å². The van der Waals surface area contributed by atoms with Gasteiger partial charge in [0.1, 0.15) is 24.2 Å². The summed E-state index contributed by atoms with van der Waals surface area (Å²) in [6.07, 6.45) is 3.26. The van der Waals surface area contributed by atoms with Gasteiger partial charge in [0.25, 0.3) is 0 Å². The molecule has 10 nitrogen and oxygen atoms in total. The number of ether oxygens (including phenoxy) is 3. The molecule has 1 saturated carbocycles. The van der Waals surface area contributed by atoms with Crippen LogP contribution in [0.5, 0.6) is 17.2 Å². The van der Waals surface area contributed by atoms with Crippen molar-refractivity contribution in [2.45, 2.75) is 49.9 Å². The smallest absolute Gasteiger partial charge is 0.247 e. The Bertz CT molecular complexity index is 1340. The maximum atomic E-state index is 13.8. The molecule has 4 atom stereocenters. The number of aliphatic hydroxyl groups excluding tert-OH is 2. The van der Waals surface area contributed by atoms with Crippen molar-refractivity contribution in [3.8, 4) is 17.2 Å². The Hall–Kier alpha value is -3.89. The molecule has 2 aromatic carbocycles. The zero-order valence-corrected chi connectivity index (χ0v) is 23.2. The number of nitrogens with zero attached hydrogens (tertiary/aromatic N) is 1. The minimum atomic E-state index is -1.17. The minimum Gasteiger partial charge on any atom is -0.496 e. The number of methoxy groups -OCH3 is 2. The largest absolute Gasteiger partial charge is 0.496 e. The van der Waals surface area contributed by atoms with Gasteiger partial charge < -0.3 is 34.6 Å². The van der Waals surface area contributed by atoms with Crippen LogP contribution in [-0.4, -0.2) is 85.4 Å². The van der Waals surface area contributed by atoms with E-state index in [1.807, 2.05) is 24.3 Å². The van der Waals surface area contributed by atoms with Crippen molar-refractivity contribution in [1.29, 1.82) is 0 Å². The number of benzene rings is 2. The summed E-state index contributed by atoms with van der Waals surface area (Å²) in [5, 5.41) is 23.9. The fraction of sp³-hybridized carbons (Fsp3) is 0.452. The van der Waals surface area contributed by atoms with Crippen LogP contribution in [0.2, 0.25) is 0 Å². The summed E-state index contributed by atoms with van der Waals surface area (Å²) in [4.78, 5) is 40.6. The molecule has 5 rings (SSSR count). The van der Waals surface area contributed by atoms with Gasteiger partial charge in [-0.3, -0.25) is 14.4 Å². The molecule has 1 aliphatic heterocycles. The molecule has 1 fully saturated rings. The van der Waals surface area contributed by atoms with Gasteiger partial charge in [-0.1, -0.05) is 24.6 Å². The Morgan fingerprint density at radius 2 is 1.90 bits per heavy atom. The first-order valence-corrected chi connectivity index (χ1v) is 14.0. The number of amides is 2. The van der Waals surface area contributed by atoms with Crippen molar-refractivity contribution in [2.24, 2.45) is 5.92 Å². The van der Waals surface area contributed by atoms with Gasteiger partial charge in [-0.25, -0.2) is 0 Å². The first-order chi connectivity index (χ1) is 19.9. The standard InChI is InChI=1S/C31H36N2O8/c1-39-24-9-4-3-6-19(24)10-12-33(31(38)20-7-5-8-20)23-16-22(30(37)32-11-13-34)26-21-14-18(17-35)15-25(40-2)28(21)41-29(26)27(23)36/h3-4,6,9,14-17,20,23,26-27,29,34,36H,5,7-8,10-13H2,1-2H3,(H,32,37)/t23-,26+,27+,29+/m1/s1. The molecule has 0 saturated heterocycles. The number of aliphatic hydroxyl groups is 2. The van der Waals surface area contributed by atoms with Crippen molar-refractivity contribution in [2.75, 3.05) is 33.9 Å². The second-order valence-electron chi connectivity index (χ2n) is 10.6. The van der Waals surface area contributed by atoms with Crippen molar-refractivity contribution < 1.29 is 38.8 Å². The van der Waals surface area contributed by atoms with Crippen LogP contribution >= 0.6 is 0 Å². The first-order valence-electron chi connectivity index (χ1n) is 14.0. The Balaban J connectivity index is 1.56. The van der Waals surface area contributed by atoms with E-state index >= 15 is 0 Å². The van der Waals surface area contributed by atoms with Gasteiger partial charge >= 0.3 is 0 Å². The molecule has 0 unspecified atom stereocenters. The third kappa shape index (κ3) is 5.41. The monoisotopic (exact) mass is 564 g/mol. The molecule has 0 aromatic heterocycles. The van der Waals surface area contributed by atoms with Crippen LogP contribution in [0.15, 0.2) is 48.0 Å². The molecule has 3 N–H and O–H groups in total. The number of hydrogen-bond donors (Lipinski definition) is 3. The molecule has 41 heavy (non-hydrogen) atoms. The summed E-state index contributed by atoms with van der Waals surface area (Å²) >= 11 is 0. The minimum absolute atomic E-state index is 0.0325. The number of fused-ring (bicyclic) bond motifs is 3. The summed E-state index contributed by atoms with van der Waals surface area (Å²) in [7, 11) is 3.05. The number of nitrogens with one attached hydrogen (secondary N) is 1. The summed E-state index contributed by atoms with van der Waals surface area (Å²) in [6.45, 7) is 0.0771. The number of carbonyl (C=O) groups excluding carboxylic acids is 3. The maximum absolute atomic E-state index is 13.8. The zero-order chi connectivity index (χ0) is 29.1. The van der Waals surface area contributed by atoms with Crippen LogP contribution in [0.3, 0.4) is 0 Å². The van der Waals surface area contributed by atoms with Crippen LogP contribution in [0.1, 0.15) is 46.7 Å². The lowest BCUT2D eigenvalue weighted by Crippen LogP contribution is -2.57. The van der Waals surface area contributed by atoms with E-state index in [1.54, 1.807) is 30.2 Å². The molecule has 2 aliphatic carbocycles. The van der Waals surface area contributed by atoms with E-state index in [1.165, 1.54) is 7.11 Å². The number of para-hydroxylation sites is 1. The molecule has 10 heteroatoms. The number of aldehydes is 1. The lowest BCUT2D eigenvalue weighted by atomic mass is 9.76. The summed E-state index contributed by atoms with van der Waals surface area (Å²) in [6, 6.07) is 9.92. The van der Waals surface area contributed by atoms with Crippen LogP contribution < -0.4 is 19.5 Å². The van der Waals surface area contributed by atoms with Gasteiger partial charge in [0.05, 0.1) is 32.8 Å². The van der Waals surface area contributed by atoms with Gasteiger partial charge in [0.2, 0.25) is 11.8 Å². The second-order valence-corrected chi connectivity index (χ2v) is 10.6. The average Bonchev–Trinajstić information content (AvgIpc) is 3.35. The fourth-order valence-corrected chi connectivity index (χ4v) is 6.00.